The van der Waals surface area contributed by atoms with Crippen LogP contribution in [0, 0.1) is 0 Å². The fourth-order valence-corrected chi connectivity index (χ4v) is 14.3. The normalized spacial score (nSPS) is 11.8. The Balaban J connectivity index is 0.000000591. The summed E-state index contributed by atoms with van der Waals surface area (Å²) in [5.41, 5.74) is 3.09. The lowest BCUT2D eigenvalue weighted by Crippen LogP contribution is -2.58. The minimum atomic E-state index is -0.718. The quantitative estimate of drug-likeness (QED) is 0.0368. The molecule has 0 amide bonds. The summed E-state index contributed by atoms with van der Waals surface area (Å²) in [5.74, 6) is 0. The lowest BCUT2D eigenvalue weighted by atomic mass is 9.15. The topological polar surface area (TPSA) is 0 Å². The van der Waals surface area contributed by atoms with Crippen LogP contribution in [0.1, 0.15) is 221 Å². The van der Waals surface area contributed by atoms with Crippen molar-refractivity contribution in [3.05, 3.63) is 60.7 Å². The third-order valence-electron chi connectivity index (χ3n) is 12.9. The lowest BCUT2D eigenvalue weighted by molar-refractivity contribution is 0.610. The van der Waals surface area contributed by atoms with Gasteiger partial charge in [0.1, 0.15) is 0 Å². The zero-order chi connectivity index (χ0) is 39.3. The molecule has 0 nitrogen and oxygen atoms in total. The Hall–Kier alpha value is -1.07. The molecule has 2 aromatic carbocycles. The van der Waals surface area contributed by atoms with Gasteiger partial charge in [0, 0.05) is 7.26 Å². The van der Waals surface area contributed by atoms with Crippen molar-refractivity contribution in [3.63, 3.8) is 0 Å². The molecule has 0 atom stereocenters. The number of hydrogen-bond acceptors (Lipinski definition) is 0. The Morgan fingerprint density at radius 3 is 0.796 bits per heavy atom. The fourth-order valence-electron chi connectivity index (χ4n) is 9.33. The first kappa shape index (κ1) is 51.0. The maximum Gasteiger partial charge on any atom is 0.0594 e. The highest BCUT2D eigenvalue weighted by atomic mass is 31.2. The maximum atomic E-state index is 2.35. The van der Waals surface area contributed by atoms with Crippen LogP contribution in [-0.2, 0) is 0 Å². The molecule has 312 valence electrons. The smallest absolute Gasteiger partial charge is 0.0594 e. The third-order valence-corrected chi connectivity index (χ3v) is 18.0. The molecule has 0 unspecified atom stereocenters. The second-order valence-corrected chi connectivity index (χ2v) is 22.1. The maximum absolute atomic E-state index is 2.35. The SMILES string of the molecule is CCCCCCCC[P+](CCCCCCCC)(CCCCCCCC)CCCCCCCC.CCCC[B-](CCCC)(c1ccccc1)c1ccccc1. The Morgan fingerprint density at radius 1 is 0.296 bits per heavy atom. The standard InChI is InChI=1S/C32H68P.C20H28B/c1-5-9-13-17-21-25-29-33(30-26-22-18-14-10-6-2,31-27-23-19-15-11-7-3)32-28-24-20-16-12-8-4;1-3-5-17-21(18-6-4-2,19-13-9-7-10-14-19)20-15-11-8-12-16-20/h5-32H2,1-4H3;7-16H,3-6,17-18H2,1-2H3/q+1;-1. The molecule has 0 spiro atoms. The second-order valence-electron chi connectivity index (χ2n) is 17.7. The number of unbranched alkanes of at least 4 members (excludes halogenated alkanes) is 22. The van der Waals surface area contributed by atoms with Crippen molar-refractivity contribution >= 4 is 24.3 Å². The Kier molecular flexibility index (Phi) is 34.2. The van der Waals surface area contributed by atoms with Gasteiger partial charge in [0.25, 0.3) is 0 Å². The van der Waals surface area contributed by atoms with Crippen LogP contribution in [0.25, 0.3) is 0 Å². The molecular weight excluding hydrogens is 666 g/mol. The highest BCUT2D eigenvalue weighted by Crippen LogP contribution is 2.61. The van der Waals surface area contributed by atoms with E-state index in [1.165, 1.54) is 167 Å². The molecule has 0 N–H and O–H groups in total. The number of rotatable bonds is 36. The van der Waals surface area contributed by atoms with Crippen molar-refractivity contribution in [2.75, 3.05) is 24.6 Å². The Bertz CT molecular complexity index is 900. The summed E-state index contributed by atoms with van der Waals surface area (Å²) < 4.78 is 0. The van der Waals surface area contributed by atoms with Crippen molar-refractivity contribution in [2.24, 2.45) is 0 Å². The van der Waals surface area contributed by atoms with Gasteiger partial charge in [-0.15, -0.1) is 0 Å². The molecule has 2 rings (SSSR count). The minimum Gasteiger partial charge on any atom is -0.205 e. The molecule has 0 bridgehead atoms. The fraction of sp³-hybridized carbons (Fsp3) is 0.769. The number of hydrogen-bond donors (Lipinski definition) is 0. The zero-order valence-corrected chi connectivity index (χ0v) is 38.7. The summed E-state index contributed by atoms with van der Waals surface area (Å²) in [5, 5.41) is 0. The van der Waals surface area contributed by atoms with Crippen molar-refractivity contribution < 1.29 is 0 Å². The summed E-state index contributed by atoms with van der Waals surface area (Å²) in [6, 6.07) is 22.5. The van der Waals surface area contributed by atoms with E-state index in [1.54, 1.807) is 61.3 Å². The van der Waals surface area contributed by atoms with Crippen LogP contribution >= 0.6 is 7.26 Å². The van der Waals surface area contributed by atoms with Crippen molar-refractivity contribution in [3.8, 4) is 0 Å². The van der Waals surface area contributed by atoms with E-state index in [0.717, 1.165) is 0 Å². The van der Waals surface area contributed by atoms with Gasteiger partial charge in [-0.25, -0.2) is 10.9 Å². The van der Waals surface area contributed by atoms with Gasteiger partial charge in [0.15, 0.2) is 0 Å². The van der Waals surface area contributed by atoms with Gasteiger partial charge in [-0.2, -0.15) is 12.6 Å². The van der Waals surface area contributed by atoms with Gasteiger partial charge in [-0.1, -0.05) is 231 Å². The van der Waals surface area contributed by atoms with E-state index in [0.29, 0.717) is 0 Å². The summed E-state index contributed by atoms with van der Waals surface area (Å²) in [6.45, 7) is 14.0. The Labute approximate surface area is 342 Å². The third kappa shape index (κ3) is 23.9. The molecule has 0 saturated carbocycles. The van der Waals surface area contributed by atoms with E-state index in [2.05, 4.69) is 102 Å². The lowest BCUT2D eigenvalue weighted by Gasteiger charge is -2.42. The number of benzene rings is 2. The van der Waals surface area contributed by atoms with Crippen LogP contribution in [0.3, 0.4) is 0 Å². The first-order chi connectivity index (χ1) is 26.6. The average molecular weight is 763 g/mol. The molecule has 0 aliphatic carbocycles. The molecule has 0 radical (unpaired) electrons. The highest BCUT2D eigenvalue weighted by molar-refractivity contribution is 7.75. The van der Waals surface area contributed by atoms with Gasteiger partial charge in [0.2, 0.25) is 0 Å². The van der Waals surface area contributed by atoms with E-state index < -0.39 is 13.4 Å². The predicted octanol–water partition coefficient (Wildman–Crippen LogP) is 17.3. The molecule has 2 heteroatoms. The summed E-state index contributed by atoms with van der Waals surface area (Å²) >= 11 is 0. The Morgan fingerprint density at radius 2 is 0.537 bits per heavy atom. The molecule has 0 aliphatic heterocycles. The molecule has 2 aromatic rings. The van der Waals surface area contributed by atoms with Crippen LogP contribution in [0.2, 0.25) is 12.6 Å². The van der Waals surface area contributed by atoms with Gasteiger partial charge < -0.3 is 0 Å². The monoisotopic (exact) mass is 763 g/mol. The van der Waals surface area contributed by atoms with E-state index in [4.69, 9.17) is 0 Å². The van der Waals surface area contributed by atoms with Crippen molar-refractivity contribution in [1.29, 1.82) is 0 Å². The van der Waals surface area contributed by atoms with Crippen molar-refractivity contribution in [2.45, 2.75) is 234 Å². The first-order valence-electron chi connectivity index (χ1n) is 24.7. The highest BCUT2D eigenvalue weighted by Gasteiger charge is 2.35. The van der Waals surface area contributed by atoms with Gasteiger partial charge in [0.05, 0.1) is 30.8 Å². The molecule has 0 aromatic heterocycles. The van der Waals surface area contributed by atoms with E-state index in [1.807, 2.05) is 0 Å². The van der Waals surface area contributed by atoms with Gasteiger partial charge in [-0.05, 0) is 51.4 Å². The summed E-state index contributed by atoms with van der Waals surface area (Å²) in [6.07, 6.45) is 49.3. The molecule has 0 heterocycles. The minimum absolute atomic E-state index is 0.611. The summed E-state index contributed by atoms with van der Waals surface area (Å²) in [7, 11) is -0.718. The zero-order valence-electron chi connectivity index (χ0n) is 37.8. The summed E-state index contributed by atoms with van der Waals surface area (Å²) in [4.78, 5) is 0. The van der Waals surface area contributed by atoms with Crippen LogP contribution in [0.5, 0.6) is 0 Å². The van der Waals surface area contributed by atoms with Crippen LogP contribution in [0.4, 0.5) is 0 Å². The molecule has 0 fully saturated rings. The largest absolute Gasteiger partial charge is 0.205 e. The predicted molar refractivity (Wildman–Crippen MR) is 257 cm³/mol. The first-order valence-corrected chi connectivity index (χ1v) is 27.3. The molecule has 54 heavy (non-hydrogen) atoms. The van der Waals surface area contributed by atoms with Crippen LogP contribution < -0.4 is 10.9 Å². The van der Waals surface area contributed by atoms with Crippen molar-refractivity contribution in [1.82, 2.24) is 0 Å². The molecule has 0 saturated heterocycles. The van der Waals surface area contributed by atoms with E-state index in [-0.39, 0.29) is 0 Å². The van der Waals surface area contributed by atoms with Crippen LogP contribution in [0.15, 0.2) is 60.7 Å². The molecular formula is C52H96BP. The van der Waals surface area contributed by atoms with Gasteiger partial charge >= 0.3 is 0 Å². The van der Waals surface area contributed by atoms with E-state index in [9.17, 15) is 0 Å². The second kappa shape index (κ2) is 36.3. The van der Waals surface area contributed by atoms with Gasteiger partial charge in [-0.3, -0.25) is 0 Å². The molecule has 0 aliphatic rings. The van der Waals surface area contributed by atoms with Crippen LogP contribution in [-0.4, -0.2) is 30.8 Å². The average Bonchev–Trinajstić information content (AvgIpc) is 3.21. The van der Waals surface area contributed by atoms with E-state index >= 15 is 0 Å².